The van der Waals surface area contributed by atoms with E-state index in [1.54, 1.807) is 0 Å². The number of rotatable bonds is 4. The predicted octanol–water partition coefficient (Wildman–Crippen LogP) is -0.207. The first-order valence-electron chi connectivity index (χ1n) is 4.83. The topological polar surface area (TPSA) is 149 Å². The average molecular weight is 292 g/mol. The summed E-state index contributed by atoms with van der Waals surface area (Å²) < 4.78 is 4.22. The van der Waals surface area contributed by atoms with Crippen LogP contribution in [0.25, 0.3) is 0 Å². The molecular weight excluding hydrogens is 282 g/mol. The SMILES string of the molecule is COC(=O)C(O)C(O)c1cc([N+](=O)[O-])c(N)nc1Cl. The Morgan fingerprint density at radius 3 is 2.68 bits per heavy atom. The number of pyridine rings is 1. The molecule has 0 aliphatic heterocycles. The van der Waals surface area contributed by atoms with E-state index < -0.39 is 34.6 Å². The number of carbonyl (C=O) groups is 1. The molecule has 1 heterocycles. The number of aliphatic hydroxyl groups is 2. The monoisotopic (exact) mass is 291 g/mol. The number of aliphatic hydroxyl groups excluding tert-OH is 2. The molecule has 4 N–H and O–H groups in total. The van der Waals surface area contributed by atoms with E-state index in [4.69, 9.17) is 17.3 Å². The maximum absolute atomic E-state index is 11.1. The standard InChI is InChI=1S/C9H10ClN3O6/c1-19-9(16)6(15)5(14)3-2-4(13(17)18)8(11)12-7(3)10/h2,5-6,14-15H,1H3,(H2,11,12). The quantitative estimate of drug-likeness (QED) is 0.298. The molecule has 0 fully saturated rings. The second-order valence-electron chi connectivity index (χ2n) is 3.44. The molecule has 0 amide bonds. The van der Waals surface area contributed by atoms with E-state index in [-0.39, 0.29) is 10.7 Å². The number of carbonyl (C=O) groups excluding carboxylic acids is 1. The number of methoxy groups -OCH3 is 1. The smallest absolute Gasteiger partial charge is 0.337 e. The van der Waals surface area contributed by atoms with Crippen LogP contribution >= 0.6 is 11.6 Å². The molecule has 2 unspecified atom stereocenters. The van der Waals surface area contributed by atoms with Crippen molar-refractivity contribution in [3.05, 3.63) is 26.9 Å². The van der Waals surface area contributed by atoms with Crippen LogP contribution in [0.4, 0.5) is 11.5 Å². The van der Waals surface area contributed by atoms with E-state index >= 15 is 0 Å². The zero-order chi connectivity index (χ0) is 14.7. The number of hydrogen-bond acceptors (Lipinski definition) is 8. The van der Waals surface area contributed by atoms with E-state index in [1.807, 2.05) is 0 Å². The first-order valence-corrected chi connectivity index (χ1v) is 5.21. The maximum atomic E-state index is 11.1. The van der Waals surface area contributed by atoms with E-state index in [0.29, 0.717) is 0 Å². The van der Waals surface area contributed by atoms with Crippen LogP contribution in [0.15, 0.2) is 6.07 Å². The fourth-order valence-corrected chi connectivity index (χ4v) is 1.54. The van der Waals surface area contributed by atoms with E-state index in [9.17, 15) is 25.1 Å². The van der Waals surface area contributed by atoms with Gasteiger partial charge in [-0.05, 0) is 0 Å². The molecule has 1 aromatic heterocycles. The highest BCUT2D eigenvalue weighted by atomic mass is 35.5. The Labute approximate surface area is 111 Å². The van der Waals surface area contributed by atoms with Gasteiger partial charge in [0.1, 0.15) is 11.3 Å². The van der Waals surface area contributed by atoms with Crippen molar-refractivity contribution in [1.29, 1.82) is 0 Å². The minimum atomic E-state index is -1.95. The summed E-state index contributed by atoms with van der Waals surface area (Å²) in [5, 5.41) is 29.5. The van der Waals surface area contributed by atoms with Crippen molar-refractivity contribution >= 4 is 29.1 Å². The Morgan fingerprint density at radius 2 is 2.21 bits per heavy atom. The van der Waals surface area contributed by atoms with Crippen molar-refractivity contribution in [3.63, 3.8) is 0 Å². The highest BCUT2D eigenvalue weighted by Crippen LogP contribution is 2.31. The van der Waals surface area contributed by atoms with Gasteiger partial charge < -0.3 is 20.7 Å². The minimum absolute atomic E-state index is 0.305. The van der Waals surface area contributed by atoms with Crippen molar-refractivity contribution < 1.29 is 24.7 Å². The van der Waals surface area contributed by atoms with Gasteiger partial charge in [0.2, 0.25) is 5.82 Å². The molecule has 0 radical (unpaired) electrons. The second-order valence-corrected chi connectivity index (χ2v) is 3.80. The van der Waals surface area contributed by atoms with Crippen LogP contribution in [0.5, 0.6) is 0 Å². The molecule has 1 rings (SSSR count). The summed E-state index contributed by atoms with van der Waals surface area (Å²) in [7, 11) is 1.00. The van der Waals surface area contributed by atoms with Crippen molar-refractivity contribution in [2.45, 2.75) is 12.2 Å². The average Bonchev–Trinajstić information content (AvgIpc) is 2.35. The second kappa shape index (κ2) is 5.78. The van der Waals surface area contributed by atoms with Gasteiger partial charge in [0.05, 0.1) is 12.0 Å². The summed E-state index contributed by atoms with van der Waals surface area (Å²) >= 11 is 5.66. The summed E-state index contributed by atoms with van der Waals surface area (Å²) in [5.74, 6) is -1.57. The third-order valence-electron chi connectivity index (χ3n) is 2.27. The molecule has 9 nitrogen and oxygen atoms in total. The highest BCUT2D eigenvalue weighted by molar-refractivity contribution is 6.30. The predicted molar refractivity (Wildman–Crippen MR) is 63.3 cm³/mol. The minimum Gasteiger partial charge on any atom is -0.467 e. The van der Waals surface area contributed by atoms with Gasteiger partial charge in [-0.1, -0.05) is 11.6 Å². The molecule has 104 valence electrons. The Bertz CT molecular complexity index is 523. The number of halogens is 1. The van der Waals surface area contributed by atoms with E-state index in [0.717, 1.165) is 13.2 Å². The lowest BCUT2D eigenvalue weighted by Crippen LogP contribution is -2.29. The molecule has 0 aliphatic rings. The van der Waals surface area contributed by atoms with Gasteiger partial charge in [0.25, 0.3) is 0 Å². The van der Waals surface area contributed by atoms with Crippen LogP contribution in [-0.2, 0) is 9.53 Å². The van der Waals surface area contributed by atoms with Gasteiger partial charge in [0.15, 0.2) is 6.10 Å². The van der Waals surface area contributed by atoms with Crippen molar-refractivity contribution in [2.75, 3.05) is 12.8 Å². The maximum Gasteiger partial charge on any atom is 0.337 e. The molecule has 10 heteroatoms. The van der Waals surface area contributed by atoms with E-state index in [1.165, 1.54) is 0 Å². The van der Waals surface area contributed by atoms with Crippen molar-refractivity contribution in [3.8, 4) is 0 Å². The Balaban J connectivity index is 3.23. The molecule has 0 bridgehead atoms. The van der Waals surface area contributed by atoms with Crippen LogP contribution in [0.2, 0.25) is 5.15 Å². The van der Waals surface area contributed by atoms with Crippen LogP contribution in [0, 0.1) is 10.1 Å². The number of anilines is 1. The van der Waals surface area contributed by atoms with Gasteiger partial charge in [-0.25, -0.2) is 9.78 Å². The van der Waals surface area contributed by atoms with Crippen molar-refractivity contribution in [2.24, 2.45) is 0 Å². The molecule has 0 aromatic carbocycles. The number of esters is 1. The fraction of sp³-hybridized carbons (Fsp3) is 0.333. The van der Waals surface area contributed by atoms with Crippen molar-refractivity contribution in [1.82, 2.24) is 4.98 Å². The number of aromatic nitrogens is 1. The summed E-state index contributed by atoms with van der Waals surface area (Å²) in [5.41, 5.74) is 4.37. The van der Waals surface area contributed by atoms with Gasteiger partial charge in [0, 0.05) is 11.6 Å². The molecule has 2 atom stereocenters. The number of nitrogen functional groups attached to an aromatic ring is 1. The Morgan fingerprint density at radius 1 is 1.63 bits per heavy atom. The first-order chi connectivity index (χ1) is 8.79. The van der Waals surface area contributed by atoms with Crippen LogP contribution in [-0.4, -0.2) is 39.3 Å². The number of nitrogens with two attached hydrogens (primary N) is 1. The third kappa shape index (κ3) is 3.08. The zero-order valence-corrected chi connectivity index (χ0v) is 10.4. The van der Waals surface area contributed by atoms with Gasteiger partial charge in [-0.2, -0.15) is 0 Å². The molecule has 19 heavy (non-hydrogen) atoms. The van der Waals surface area contributed by atoms with Gasteiger partial charge >= 0.3 is 11.7 Å². The highest BCUT2D eigenvalue weighted by Gasteiger charge is 2.31. The van der Waals surface area contributed by atoms with Gasteiger partial charge in [-0.15, -0.1) is 0 Å². The number of nitrogens with zero attached hydrogens (tertiary/aromatic N) is 2. The summed E-state index contributed by atoms with van der Waals surface area (Å²) in [6.07, 6.45) is -3.78. The normalized spacial score (nSPS) is 13.7. The van der Waals surface area contributed by atoms with Crippen LogP contribution < -0.4 is 5.73 Å². The summed E-state index contributed by atoms with van der Waals surface area (Å²) in [4.78, 5) is 24.4. The third-order valence-corrected chi connectivity index (χ3v) is 2.57. The fourth-order valence-electron chi connectivity index (χ4n) is 1.28. The van der Waals surface area contributed by atoms with Gasteiger partial charge in [-0.3, -0.25) is 10.1 Å². The number of nitro groups is 1. The lowest BCUT2D eigenvalue weighted by atomic mass is 10.1. The Kier molecular flexibility index (Phi) is 4.59. The number of ether oxygens (including phenoxy) is 1. The molecular formula is C9H10ClN3O6. The first kappa shape index (κ1) is 15.1. The van der Waals surface area contributed by atoms with E-state index in [2.05, 4.69) is 9.72 Å². The lowest BCUT2D eigenvalue weighted by molar-refractivity contribution is -0.384. The molecule has 0 spiro atoms. The number of hydrogen-bond donors (Lipinski definition) is 3. The largest absolute Gasteiger partial charge is 0.467 e. The lowest BCUT2D eigenvalue weighted by Gasteiger charge is -2.16. The molecule has 0 aliphatic carbocycles. The van der Waals surface area contributed by atoms with Crippen LogP contribution in [0.1, 0.15) is 11.7 Å². The molecule has 0 saturated heterocycles. The summed E-state index contributed by atoms with van der Waals surface area (Å²) in [6, 6.07) is 0.835. The van der Waals surface area contributed by atoms with Crippen LogP contribution in [0.3, 0.4) is 0 Å². The molecule has 0 saturated carbocycles. The Hall–Kier alpha value is -1.97. The molecule has 1 aromatic rings. The summed E-state index contributed by atoms with van der Waals surface area (Å²) in [6.45, 7) is 0. The zero-order valence-electron chi connectivity index (χ0n) is 9.61.